The van der Waals surface area contributed by atoms with Gasteiger partial charge in [-0.2, -0.15) is 0 Å². The molecule has 1 fully saturated rings. The van der Waals surface area contributed by atoms with Crippen LogP contribution in [0.5, 0.6) is 11.5 Å². The van der Waals surface area contributed by atoms with Gasteiger partial charge in [-0.15, -0.1) is 0 Å². The molecule has 0 spiro atoms. The van der Waals surface area contributed by atoms with E-state index in [1.165, 1.54) is 56.7 Å². The molecule has 1 aliphatic rings. The number of aliphatic hydroxyl groups is 1. The molecule has 0 radical (unpaired) electrons. The molecule has 2 aromatic carbocycles. The van der Waals surface area contributed by atoms with Gasteiger partial charge in [-0.1, -0.05) is 0 Å². The number of ether oxygens (including phenoxy) is 2. The predicted octanol–water partition coefficient (Wildman–Crippen LogP) is 0.639. The number of anilines is 2. The zero-order chi connectivity index (χ0) is 21.4. The number of sulfonamides is 1. The van der Waals surface area contributed by atoms with E-state index in [4.69, 9.17) is 15.2 Å². The van der Waals surface area contributed by atoms with Gasteiger partial charge in [0.15, 0.2) is 9.84 Å². The number of nitrogens with zero attached hydrogens (tertiary/aromatic N) is 1. The Morgan fingerprint density at radius 1 is 1.07 bits per heavy atom. The fraction of sp³-hybridized carbons (Fsp3) is 0.333. The highest BCUT2D eigenvalue weighted by Crippen LogP contribution is 2.36. The van der Waals surface area contributed by atoms with Crippen molar-refractivity contribution >= 4 is 31.2 Å². The Morgan fingerprint density at radius 2 is 1.72 bits per heavy atom. The Morgan fingerprint density at radius 3 is 2.24 bits per heavy atom. The first-order chi connectivity index (χ1) is 13.6. The highest BCUT2D eigenvalue weighted by Gasteiger charge is 2.45. The van der Waals surface area contributed by atoms with Crippen molar-refractivity contribution in [1.29, 1.82) is 0 Å². The molecule has 0 unspecified atom stereocenters. The molecule has 2 aromatic rings. The maximum atomic E-state index is 13.6. The molecule has 0 amide bonds. The lowest BCUT2D eigenvalue weighted by atomic mass is 10.2. The fourth-order valence-electron chi connectivity index (χ4n) is 3.26. The van der Waals surface area contributed by atoms with E-state index >= 15 is 0 Å². The van der Waals surface area contributed by atoms with Crippen LogP contribution in [0.3, 0.4) is 0 Å². The number of aliphatic hydroxyl groups excluding tert-OH is 1. The summed E-state index contributed by atoms with van der Waals surface area (Å²) in [7, 11) is -5.17. The third-order valence-corrected chi connectivity index (χ3v) is 8.24. The first-order valence-electron chi connectivity index (χ1n) is 8.59. The minimum atomic E-state index is -4.31. The van der Waals surface area contributed by atoms with Gasteiger partial charge in [0.2, 0.25) is 0 Å². The average Bonchev–Trinajstić information content (AvgIpc) is 2.94. The number of benzene rings is 2. The van der Waals surface area contributed by atoms with Gasteiger partial charge in [-0.25, -0.2) is 16.8 Å². The second-order valence-corrected chi connectivity index (χ2v) is 10.6. The first-order valence-corrected chi connectivity index (χ1v) is 11.9. The quantitative estimate of drug-likeness (QED) is 0.622. The molecule has 3 rings (SSSR count). The summed E-state index contributed by atoms with van der Waals surface area (Å²) in [5.74, 6) is -0.599. The largest absolute Gasteiger partial charge is 0.497 e. The second kappa shape index (κ2) is 7.73. The minimum Gasteiger partial charge on any atom is -0.497 e. The molecule has 1 saturated heterocycles. The molecule has 0 aliphatic carbocycles. The molecule has 2 atom stereocenters. The van der Waals surface area contributed by atoms with E-state index in [2.05, 4.69) is 0 Å². The van der Waals surface area contributed by atoms with Crippen LogP contribution in [0.15, 0.2) is 47.4 Å². The molecule has 9 nitrogen and oxygen atoms in total. The Bertz CT molecular complexity index is 1100. The standard InChI is InChI=1S/C18H22N2O7S2/c1-26-14-7-8-18(17(9-14)27-2)29(24,25)20(13-5-3-12(19)4-6-13)15-10-28(22,23)11-16(15)21/h3-9,15-16,21H,10-11,19H2,1-2H3/t15-,16+/m1/s1. The Balaban J connectivity index is 2.19. The van der Waals surface area contributed by atoms with Gasteiger partial charge in [0.25, 0.3) is 10.0 Å². The topological polar surface area (TPSA) is 136 Å². The van der Waals surface area contributed by atoms with Gasteiger partial charge >= 0.3 is 0 Å². The first kappa shape index (κ1) is 21.2. The van der Waals surface area contributed by atoms with Crippen LogP contribution in [0.2, 0.25) is 0 Å². The molecule has 0 bridgehead atoms. The van der Waals surface area contributed by atoms with Crippen LogP contribution in [-0.2, 0) is 19.9 Å². The van der Waals surface area contributed by atoms with E-state index < -0.39 is 43.5 Å². The molecule has 1 heterocycles. The summed E-state index contributed by atoms with van der Waals surface area (Å²) in [6, 6.07) is 8.90. The molecule has 11 heteroatoms. The van der Waals surface area contributed by atoms with E-state index in [9.17, 15) is 21.9 Å². The summed E-state index contributed by atoms with van der Waals surface area (Å²) in [4.78, 5) is -0.186. The van der Waals surface area contributed by atoms with Crippen molar-refractivity contribution in [1.82, 2.24) is 0 Å². The van der Waals surface area contributed by atoms with Crippen molar-refractivity contribution in [2.45, 2.75) is 17.0 Å². The van der Waals surface area contributed by atoms with Gasteiger partial charge in [0, 0.05) is 11.8 Å². The smallest absolute Gasteiger partial charge is 0.268 e. The lowest BCUT2D eigenvalue weighted by Crippen LogP contribution is -2.47. The van der Waals surface area contributed by atoms with Gasteiger partial charge in [0.05, 0.1) is 43.6 Å². The summed E-state index contributed by atoms with van der Waals surface area (Å²) in [6.45, 7) is 0. The maximum absolute atomic E-state index is 13.6. The number of rotatable bonds is 6. The third-order valence-electron chi connectivity index (χ3n) is 4.65. The molecular formula is C18H22N2O7S2. The van der Waals surface area contributed by atoms with Crippen molar-refractivity contribution in [2.75, 3.05) is 35.8 Å². The SMILES string of the molecule is COc1ccc(S(=O)(=O)N(c2ccc(N)cc2)[C@@H]2CS(=O)(=O)C[C@@H]2O)c(OC)c1. The van der Waals surface area contributed by atoms with E-state index in [1.54, 1.807) is 0 Å². The van der Waals surface area contributed by atoms with Gasteiger partial charge < -0.3 is 20.3 Å². The molecular weight excluding hydrogens is 420 g/mol. The molecule has 158 valence electrons. The number of hydrogen-bond donors (Lipinski definition) is 2. The number of nitrogens with two attached hydrogens (primary N) is 1. The molecule has 0 saturated carbocycles. The highest BCUT2D eigenvalue weighted by molar-refractivity contribution is 7.93. The van der Waals surface area contributed by atoms with Crippen molar-refractivity contribution in [3.8, 4) is 11.5 Å². The normalized spacial score (nSPS) is 20.9. The van der Waals surface area contributed by atoms with Crippen LogP contribution in [-0.4, -0.2) is 59.8 Å². The van der Waals surface area contributed by atoms with Crippen LogP contribution >= 0.6 is 0 Å². The second-order valence-electron chi connectivity index (χ2n) is 6.62. The lowest BCUT2D eigenvalue weighted by Gasteiger charge is -2.32. The Kier molecular flexibility index (Phi) is 5.65. The van der Waals surface area contributed by atoms with Crippen LogP contribution in [0.4, 0.5) is 11.4 Å². The van der Waals surface area contributed by atoms with Gasteiger partial charge in [-0.05, 0) is 36.4 Å². The van der Waals surface area contributed by atoms with E-state index in [0.29, 0.717) is 11.4 Å². The molecule has 3 N–H and O–H groups in total. The van der Waals surface area contributed by atoms with E-state index in [0.717, 1.165) is 4.31 Å². The van der Waals surface area contributed by atoms with Crippen molar-refractivity contribution in [2.24, 2.45) is 0 Å². The monoisotopic (exact) mass is 442 g/mol. The molecule has 1 aliphatic heterocycles. The summed E-state index contributed by atoms with van der Waals surface area (Å²) in [6.07, 6.45) is -1.38. The number of sulfone groups is 1. The highest BCUT2D eigenvalue weighted by atomic mass is 32.2. The maximum Gasteiger partial charge on any atom is 0.268 e. The van der Waals surface area contributed by atoms with E-state index in [1.807, 2.05) is 0 Å². The zero-order valence-electron chi connectivity index (χ0n) is 15.8. The number of hydrogen-bond acceptors (Lipinski definition) is 8. The van der Waals surface area contributed by atoms with Gasteiger partial charge in [0.1, 0.15) is 16.4 Å². The fourth-order valence-corrected chi connectivity index (χ4v) is 6.94. The van der Waals surface area contributed by atoms with Crippen LogP contribution in [0.25, 0.3) is 0 Å². The van der Waals surface area contributed by atoms with Crippen molar-refractivity contribution < 1.29 is 31.4 Å². The average molecular weight is 443 g/mol. The summed E-state index contributed by atoms with van der Waals surface area (Å²) < 4.78 is 62.6. The summed E-state index contributed by atoms with van der Waals surface area (Å²) >= 11 is 0. The predicted molar refractivity (Wildman–Crippen MR) is 109 cm³/mol. The summed E-state index contributed by atoms with van der Waals surface area (Å²) in [5, 5.41) is 10.4. The molecule has 29 heavy (non-hydrogen) atoms. The minimum absolute atomic E-state index is 0.0279. The van der Waals surface area contributed by atoms with Crippen molar-refractivity contribution in [3.63, 3.8) is 0 Å². The van der Waals surface area contributed by atoms with Crippen LogP contribution in [0.1, 0.15) is 0 Å². The lowest BCUT2D eigenvalue weighted by molar-refractivity contribution is 0.184. The third kappa shape index (κ3) is 4.11. The van der Waals surface area contributed by atoms with E-state index in [-0.39, 0.29) is 16.3 Å². The van der Waals surface area contributed by atoms with Gasteiger partial charge in [-0.3, -0.25) is 4.31 Å². The zero-order valence-corrected chi connectivity index (χ0v) is 17.5. The Hall–Kier alpha value is -2.50. The summed E-state index contributed by atoms with van der Waals surface area (Å²) in [5.41, 5.74) is 6.29. The van der Waals surface area contributed by atoms with Crippen molar-refractivity contribution in [3.05, 3.63) is 42.5 Å². The number of nitrogen functional groups attached to an aromatic ring is 1. The van der Waals surface area contributed by atoms with Crippen LogP contribution in [0, 0.1) is 0 Å². The Labute approximate surface area is 169 Å². The molecule has 0 aromatic heterocycles. The number of methoxy groups -OCH3 is 2. The van der Waals surface area contributed by atoms with Crippen LogP contribution < -0.4 is 19.5 Å².